The van der Waals surface area contributed by atoms with Gasteiger partial charge in [-0.05, 0) is 54.3 Å². The van der Waals surface area contributed by atoms with Crippen molar-refractivity contribution in [2.75, 3.05) is 20.3 Å². The van der Waals surface area contributed by atoms with Gasteiger partial charge in [0.25, 0.3) is 5.91 Å². The average molecular weight is 429 g/mol. The molecule has 0 aromatic heterocycles. The van der Waals surface area contributed by atoms with E-state index < -0.39 is 6.29 Å². The summed E-state index contributed by atoms with van der Waals surface area (Å²) in [5, 5.41) is 11.8. The maximum atomic E-state index is 13.1. The number of aliphatic hydroxyl groups excluding tert-OH is 1. The smallest absolute Gasteiger partial charge is 0.286 e. The summed E-state index contributed by atoms with van der Waals surface area (Å²) in [6.07, 6.45) is 3.16. The molecule has 2 aromatic rings. The number of aliphatic hydroxyl groups is 1. The fourth-order valence-electron chi connectivity index (χ4n) is 3.30. The molecular formula is C24H28FNO5. The van der Waals surface area contributed by atoms with Gasteiger partial charge in [0.05, 0.1) is 13.7 Å². The molecule has 0 unspecified atom stereocenters. The summed E-state index contributed by atoms with van der Waals surface area (Å²) in [6, 6.07) is 13.6. The first-order valence-electron chi connectivity index (χ1n) is 10.4. The zero-order chi connectivity index (χ0) is 22.1. The van der Waals surface area contributed by atoms with Crippen LogP contribution in [0, 0.1) is 5.82 Å². The van der Waals surface area contributed by atoms with Crippen LogP contribution in [0.4, 0.5) is 4.39 Å². The summed E-state index contributed by atoms with van der Waals surface area (Å²) in [5.74, 6) is 0.215. The Morgan fingerprint density at radius 2 is 1.90 bits per heavy atom. The highest BCUT2D eigenvalue weighted by Crippen LogP contribution is 2.32. The van der Waals surface area contributed by atoms with Gasteiger partial charge in [0.15, 0.2) is 5.76 Å². The third-order valence-electron chi connectivity index (χ3n) is 5.05. The van der Waals surface area contributed by atoms with Crippen molar-refractivity contribution in [1.82, 2.24) is 5.32 Å². The van der Waals surface area contributed by atoms with Gasteiger partial charge in [0, 0.05) is 25.5 Å². The molecule has 0 fully saturated rings. The largest absolute Gasteiger partial charge is 0.497 e. The van der Waals surface area contributed by atoms with Gasteiger partial charge in [-0.1, -0.05) is 24.3 Å². The second-order valence-electron chi connectivity index (χ2n) is 7.30. The van der Waals surface area contributed by atoms with Crippen LogP contribution in [0.25, 0.3) is 0 Å². The van der Waals surface area contributed by atoms with Crippen molar-refractivity contribution in [3.05, 3.63) is 77.3 Å². The molecule has 1 amide bonds. The van der Waals surface area contributed by atoms with E-state index in [9.17, 15) is 9.18 Å². The molecule has 2 atom stereocenters. The van der Waals surface area contributed by atoms with Gasteiger partial charge in [-0.3, -0.25) is 4.79 Å². The Morgan fingerprint density at radius 1 is 1.16 bits per heavy atom. The molecule has 6 nitrogen and oxygen atoms in total. The topological polar surface area (TPSA) is 77.0 Å². The van der Waals surface area contributed by atoms with E-state index in [1.165, 1.54) is 12.1 Å². The van der Waals surface area contributed by atoms with Crippen molar-refractivity contribution in [2.45, 2.75) is 38.0 Å². The average Bonchev–Trinajstić information content (AvgIpc) is 2.81. The molecule has 0 saturated carbocycles. The Kier molecular flexibility index (Phi) is 8.44. The van der Waals surface area contributed by atoms with Crippen molar-refractivity contribution in [1.29, 1.82) is 0 Å². The van der Waals surface area contributed by atoms with E-state index in [0.717, 1.165) is 16.9 Å². The minimum atomic E-state index is -0.567. The maximum Gasteiger partial charge on any atom is 0.286 e. The van der Waals surface area contributed by atoms with Crippen LogP contribution in [-0.2, 0) is 20.8 Å². The minimum Gasteiger partial charge on any atom is -0.497 e. The van der Waals surface area contributed by atoms with Gasteiger partial charge in [-0.25, -0.2) is 4.39 Å². The van der Waals surface area contributed by atoms with Crippen LogP contribution < -0.4 is 10.1 Å². The molecular weight excluding hydrogens is 401 g/mol. The van der Waals surface area contributed by atoms with Crippen LogP contribution >= 0.6 is 0 Å². The number of nitrogens with one attached hydrogen (secondary N) is 1. The molecule has 1 aliphatic rings. The van der Waals surface area contributed by atoms with Crippen LogP contribution in [-0.4, -0.2) is 37.6 Å². The number of carbonyl (C=O) groups is 1. The number of methoxy groups -OCH3 is 1. The lowest BCUT2D eigenvalue weighted by Gasteiger charge is -2.29. The van der Waals surface area contributed by atoms with Gasteiger partial charge < -0.3 is 24.6 Å². The Bertz CT molecular complexity index is 867. The van der Waals surface area contributed by atoms with E-state index >= 15 is 0 Å². The Balaban J connectivity index is 1.69. The first kappa shape index (κ1) is 22.8. The molecule has 2 aromatic carbocycles. The lowest BCUT2D eigenvalue weighted by atomic mass is 9.93. The highest BCUT2D eigenvalue weighted by atomic mass is 19.1. The van der Waals surface area contributed by atoms with E-state index in [0.29, 0.717) is 25.9 Å². The van der Waals surface area contributed by atoms with Crippen molar-refractivity contribution in [3.63, 3.8) is 0 Å². The number of allylic oxidation sites excluding steroid dienone is 1. The number of hydrogen-bond donors (Lipinski definition) is 2. The predicted molar refractivity (Wildman–Crippen MR) is 114 cm³/mol. The number of benzene rings is 2. The van der Waals surface area contributed by atoms with Crippen molar-refractivity contribution < 1.29 is 28.5 Å². The van der Waals surface area contributed by atoms with Crippen LogP contribution in [0.3, 0.4) is 0 Å². The van der Waals surface area contributed by atoms with Gasteiger partial charge in [-0.2, -0.15) is 0 Å². The zero-order valence-corrected chi connectivity index (χ0v) is 17.6. The SMILES string of the molecule is COc1ccc([C@H]2C=C(C(=O)NCc3ccc(F)cc3)O[C@@H](OCCCCO)C2)cc1. The highest BCUT2D eigenvalue weighted by Gasteiger charge is 2.28. The van der Waals surface area contributed by atoms with Gasteiger partial charge in [0.1, 0.15) is 11.6 Å². The first-order chi connectivity index (χ1) is 15.1. The van der Waals surface area contributed by atoms with E-state index in [-0.39, 0.29) is 36.6 Å². The van der Waals surface area contributed by atoms with Crippen molar-refractivity contribution in [2.24, 2.45) is 0 Å². The van der Waals surface area contributed by atoms with Crippen LogP contribution in [0.15, 0.2) is 60.4 Å². The molecule has 31 heavy (non-hydrogen) atoms. The van der Waals surface area contributed by atoms with Crippen LogP contribution in [0.5, 0.6) is 5.75 Å². The third-order valence-corrected chi connectivity index (χ3v) is 5.05. The molecule has 0 radical (unpaired) electrons. The summed E-state index contributed by atoms with van der Waals surface area (Å²) >= 11 is 0. The highest BCUT2D eigenvalue weighted by molar-refractivity contribution is 5.91. The zero-order valence-electron chi connectivity index (χ0n) is 17.6. The monoisotopic (exact) mass is 429 g/mol. The summed E-state index contributed by atoms with van der Waals surface area (Å²) in [7, 11) is 1.61. The lowest BCUT2D eigenvalue weighted by molar-refractivity contribution is -0.146. The molecule has 7 heteroatoms. The standard InChI is InChI=1S/C24H28FNO5/c1-29-21-10-6-18(7-11-21)19-14-22(31-23(15-19)30-13-3-2-12-27)24(28)26-16-17-4-8-20(25)9-5-17/h4-11,14,19,23,27H,2-3,12-13,15-16H2,1H3,(H,26,28)/t19-,23+/m0/s1. The number of amides is 1. The van der Waals surface area contributed by atoms with Gasteiger partial charge in [-0.15, -0.1) is 0 Å². The van der Waals surface area contributed by atoms with Crippen molar-refractivity contribution in [3.8, 4) is 5.75 Å². The minimum absolute atomic E-state index is 0.0610. The molecule has 2 N–H and O–H groups in total. The van der Waals surface area contributed by atoms with E-state index in [4.69, 9.17) is 19.3 Å². The number of unbranched alkanes of at least 4 members (excludes halogenated alkanes) is 1. The fourth-order valence-corrected chi connectivity index (χ4v) is 3.30. The van der Waals surface area contributed by atoms with Gasteiger partial charge >= 0.3 is 0 Å². The molecule has 0 saturated heterocycles. The van der Waals surface area contributed by atoms with E-state index in [2.05, 4.69) is 5.32 Å². The van der Waals surface area contributed by atoms with Gasteiger partial charge in [0.2, 0.25) is 6.29 Å². The Morgan fingerprint density at radius 3 is 2.58 bits per heavy atom. The second-order valence-corrected chi connectivity index (χ2v) is 7.30. The Labute approximate surface area is 181 Å². The Hall–Kier alpha value is -2.90. The van der Waals surface area contributed by atoms with Crippen molar-refractivity contribution >= 4 is 5.91 Å². The number of carbonyl (C=O) groups excluding carboxylic acids is 1. The number of halogens is 1. The molecule has 1 aliphatic heterocycles. The van der Waals surface area contributed by atoms with Crippen LogP contribution in [0.1, 0.15) is 36.3 Å². The number of rotatable bonds is 10. The second kappa shape index (κ2) is 11.5. The summed E-state index contributed by atoms with van der Waals surface area (Å²) in [6.45, 7) is 0.806. The summed E-state index contributed by atoms with van der Waals surface area (Å²) < 4.78 is 29.9. The summed E-state index contributed by atoms with van der Waals surface area (Å²) in [4.78, 5) is 12.8. The molecule has 166 valence electrons. The van der Waals surface area contributed by atoms with Crippen LogP contribution in [0.2, 0.25) is 0 Å². The maximum absolute atomic E-state index is 13.1. The predicted octanol–water partition coefficient (Wildman–Crippen LogP) is 3.65. The number of hydrogen-bond acceptors (Lipinski definition) is 5. The molecule has 0 bridgehead atoms. The lowest BCUT2D eigenvalue weighted by Crippen LogP contribution is -2.32. The van der Waals surface area contributed by atoms with E-state index in [1.807, 2.05) is 24.3 Å². The van der Waals surface area contributed by atoms with E-state index in [1.54, 1.807) is 25.3 Å². The quantitative estimate of drug-likeness (QED) is 0.564. The third kappa shape index (κ3) is 6.80. The molecule has 0 spiro atoms. The number of ether oxygens (including phenoxy) is 3. The normalized spacial score (nSPS) is 18.1. The molecule has 0 aliphatic carbocycles. The molecule has 1 heterocycles. The first-order valence-corrected chi connectivity index (χ1v) is 10.4. The molecule has 3 rings (SSSR count). The summed E-state index contributed by atoms with van der Waals surface area (Å²) in [5.41, 5.74) is 1.81. The fraction of sp³-hybridized carbons (Fsp3) is 0.375.